The van der Waals surface area contributed by atoms with E-state index in [-0.39, 0.29) is 5.69 Å². The summed E-state index contributed by atoms with van der Waals surface area (Å²) in [6.07, 6.45) is 0.969. The number of aromatic nitrogens is 1. The molecule has 0 aliphatic rings. The second kappa shape index (κ2) is 8.94. The first kappa shape index (κ1) is 17.8. The van der Waals surface area contributed by atoms with Crippen molar-refractivity contribution in [2.24, 2.45) is 0 Å². The lowest BCUT2D eigenvalue weighted by Crippen LogP contribution is -2.25. The second-order valence-electron chi connectivity index (χ2n) is 5.32. The molecular weight excluding hydrogens is 304 g/mol. The molecule has 0 radical (unpaired) electrons. The van der Waals surface area contributed by atoms with Crippen LogP contribution in [-0.4, -0.2) is 43.2 Å². The van der Waals surface area contributed by atoms with Crippen LogP contribution in [0.3, 0.4) is 0 Å². The highest BCUT2D eigenvalue weighted by Gasteiger charge is 2.17. The third-order valence-electron chi connectivity index (χ3n) is 3.90. The van der Waals surface area contributed by atoms with Crippen LogP contribution in [0.5, 0.6) is 5.75 Å². The summed E-state index contributed by atoms with van der Waals surface area (Å²) in [6, 6.07) is 9.53. The number of rotatable bonds is 9. The lowest BCUT2D eigenvalue weighted by molar-refractivity contribution is 0.302. The van der Waals surface area contributed by atoms with Crippen LogP contribution in [0.2, 0.25) is 0 Å². The van der Waals surface area contributed by atoms with Crippen molar-refractivity contribution in [3.8, 4) is 23.3 Å². The van der Waals surface area contributed by atoms with Gasteiger partial charge < -0.3 is 19.4 Å². The van der Waals surface area contributed by atoms with E-state index in [9.17, 15) is 5.26 Å². The highest BCUT2D eigenvalue weighted by Crippen LogP contribution is 2.31. The molecular formula is C18H24N4O2. The molecule has 0 saturated carbocycles. The molecule has 6 nitrogen and oxygen atoms in total. The molecule has 0 aliphatic carbocycles. The van der Waals surface area contributed by atoms with Gasteiger partial charge in [0, 0.05) is 6.54 Å². The van der Waals surface area contributed by atoms with Gasteiger partial charge in [-0.3, -0.25) is 0 Å². The Morgan fingerprint density at radius 2 is 2.04 bits per heavy atom. The Balaban J connectivity index is 2.07. The van der Waals surface area contributed by atoms with Crippen LogP contribution in [0.25, 0.3) is 11.5 Å². The number of nitrogens with zero attached hydrogens (tertiary/aromatic N) is 3. The first-order valence-electron chi connectivity index (χ1n) is 8.24. The molecule has 0 bridgehead atoms. The standard InChI is InChI=1S/C18H24N4O2/c1-4-22(5-2)12-8-11-20-18-15(13-19)21-17(24-18)14-9-6-7-10-16(14)23-3/h6-7,9-10,20H,4-5,8,11-12H2,1-3H3. The SMILES string of the molecule is CCN(CC)CCCNc1oc(-c2ccccc2OC)nc1C#N. The van der Waals surface area contributed by atoms with Crippen LogP contribution >= 0.6 is 0 Å². The smallest absolute Gasteiger partial charge is 0.233 e. The molecule has 0 spiro atoms. The van der Waals surface area contributed by atoms with E-state index in [1.54, 1.807) is 7.11 Å². The van der Waals surface area contributed by atoms with Crippen molar-refractivity contribution >= 4 is 5.88 Å². The fraction of sp³-hybridized carbons (Fsp3) is 0.444. The Labute approximate surface area is 143 Å². The average molecular weight is 328 g/mol. The second-order valence-corrected chi connectivity index (χ2v) is 5.32. The molecule has 128 valence electrons. The minimum Gasteiger partial charge on any atom is -0.496 e. The summed E-state index contributed by atoms with van der Waals surface area (Å²) in [5.74, 6) is 1.46. The van der Waals surface area contributed by atoms with Gasteiger partial charge in [0.15, 0.2) is 0 Å². The Hall–Kier alpha value is -2.52. The molecule has 1 aromatic heterocycles. The lowest BCUT2D eigenvalue weighted by atomic mass is 10.2. The number of hydrogen-bond donors (Lipinski definition) is 1. The van der Waals surface area contributed by atoms with Crippen LogP contribution in [0.15, 0.2) is 28.7 Å². The van der Waals surface area contributed by atoms with Crippen molar-refractivity contribution in [2.75, 3.05) is 38.6 Å². The van der Waals surface area contributed by atoms with Gasteiger partial charge in [-0.25, -0.2) is 0 Å². The van der Waals surface area contributed by atoms with Gasteiger partial charge >= 0.3 is 0 Å². The highest BCUT2D eigenvalue weighted by molar-refractivity contribution is 5.65. The first-order chi connectivity index (χ1) is 11.7. The molecule has 0 fully saturated rings. The maximum Gasteiger partial charge on any atom is 0.233 e. The van der Waals surface area contributed by atoms with Gasteiger partial charge in [0.25, 0.3) is 0 Å². The predicted octanol–water partition coefficient (Wildman–Crippen LogP) is 3.37. The molecule has 6 heteroatoms. The maximum absolute atomic E-state index is 9.27. The van der Waals surface area contributed by atoms with Crippen molar-refractivity contribution in [3.63, 3.8) is 0 Å². The zero-order chi connectivity index (χ0) is 17.4. The Bertz CT molecular complexity index is 687. The van der Waals surface area contributed by atoms with Gasteiger partial charge in [-0.2, -0.15) is 10.2 Å². The van der Waals surface area contributed by atoms with Gasteiger partial charge in [0.05, 0.1) is 12.7 Å². The Morgan fingerprint density at radius 1 is 1.29 bits per heavy atom. The van der Waals surface area contributed by atoms with E-state index in [2.05, 4.69) is 35.1 Å². The van der Waals surface area contributed by atoms with Crippen molar-refractivity contribution in [1.29, 1.82) is 5.26 Å². The zero-order valence-electron chi connectivity index (χ0n) is 14.5. The zero-order valence-corrected chi connectivity index (χ0v) is 14.5. The van der Waals surface area contributed by atoms with Crippen LogP contribution in [0.1, 0.15) is 26.0 Å². The number of benzene rings is 1. The number of nitrogens with one attached hydrogen (secondary N) is 1. The minimum absolute atomic E-state index is 0.263. The maximum atomic E-state index is 9.27. The van der Waals surface area contributed by atoms with Gasteiger partial charge in [-0.15, -0.1) is 0 Å². The summed E-state index contributed by atoms with van der Waals surface area (Å²) in [6.45, 7) is 8.13. The summed E-state index contributed by atoms with van der Waals surface area (Å²) >= 11 is 0. The molecule has 2 rings (SSSR count). The van der Waals surface area contributed by atoms with Crippen LogP contribution < -0.4 is 10.1 Å². The molecule has 0 aliphatic heterocycles. The van der Waals surface area contributed by atoms with E-state index in [4.69, 9.17) is 9.15 Å². The van der Waals surface area contributed by atoms with Crippen LogP contribution in [0, 0.1) is 11.3 Å². The van der Waals surface area contributed by atoms with Crippen molar-refractivity contribution in [2.45, 2.75) is 20.3 Å². The van der Waals surface area contributed by atoms with E-state index < -0.39 is 0 Å². The number of oxazole rings is 1. The summed E-state index contributed by atoms with van der Waals surface area (Å²) in [7, 11) is 1.60. The van der Waals surface area contributed by atoms with Gasteiger partial charge in [-0.1, -0.05) is 26.0 Å². The van der Waals surface area contributed by atoms with E-state index in [1.807, 2.05) is 24.3 Å². The van der Waals surface area contributed by atoms with E-state index in [1.165, 1.54) is 0 Å². The Kier molecular flexibility index (Phi) is 6.64. The summed E-state index contributed by atoms with van der Waals surface area (Å²) in [5, 5.41) is 12.5. The lowest BCUT2D eigenvalue weighted by Gasteiger charge is -2.17. The third kappa shape index (κ3) is 4.27. The normalized spacial score (nSPS) is 10.6. The molecule has 1 N–H and O–H groups in total. The minimum atomic E-state index is 0.263. The monoisotopic (exact) mass is 328 g/mol. The molecule has 0 atom stereocenters. The first-order valence-corrected chi connectivity index (χ1v) is 8.24. The quantitative estimate of drug-likeness (QED) is 0.711. The van der Waals surface area contributed by atoms with E-state index in [0.717, 1.165) is 38.2 Å². The van der Waals surface area contributed by atoms with Crippen molar-refractivity contribution in [3.05, 3.63) is 30.0 Å². The molecule has 24 heavy (non-hydrogen) atoms. The number of hydrogen-bond acceptors (Lipinski definition) is 6. The van der Waals surface area contributed by atoms with Gasteiger partial charge in [0.1, 0.15) is 11.8 Å². The molecule has 1 heterocycles. The molecule has 0 amide bonds. The average Bonchev–Trinajstić information content (AvgIpc) is 3.05. The van der Waals surface area contributed by atoms with Crippen molar-refractivity contribution in [1.82, 2.24) is 9.88 Å². The predicted molar refractivity (Wildman–Crippen MR) is 94.1 cm³/mol. The number of nitriles is 1. The molecule has 0 unspecified atom stereocenters. The third-order valence-corrected chi connectivity index (χ3v) is 3.90. The van der Waals surface area contributed by atoms with Gasteiger partial charge in [0.2, 0.25) is 17.5 Å². The van der Waals surface area contributed by atoms with Gasteiger partial charge in [-0.05, 0) is 38.2 Å². The summed E-state index contributed by atoms with van der Waals surface area (Å²) < 4.78 is 11.1. The number of ether oxygens (including phenoxy) is 1. The number of para-hydroxylation sites is 1. The molecule has 1 aromatic carbocycles. The molecule has 0 saturated heterocycles. The fourth-order valence-corrected chi connectivity index (χ4v) is 2.50. The van der Waals surface area contributed by atoms with Crippen molar-refractivity contribution < 1.29 is 9.15 Å². The number of methoxy groups -OCH3 is 1. The number of anilines is 1. The highest BCUT2D eigenvalue weighted by atomic mass is 16.5. The summed E-state index contributed by atoms with van der Waals surface area (Å²) in [5.41, 5.74) is 0.992. The fourth-order valence-electron chi connectivity index (χ4n) is 2.50. The van der Waals surface area contributed by atoms with Crippen LogP contribution in [0.4, 0.5) is 5.88 Å². The molecule has 2 aromatic rings. The van der Waals surface area contributed by atoms with E-state index >= 15 is 0 Å². The van der Waals surface area contributed by atoms with E-state index in [0.29, 0.717) is 17.5 Å². The Morgan fingerprint density at radius 3 is 2.71 bits per heavy atom. The van der Waals surface area contributed by atoms with Crippen LogP contribution in [-0.2, 0) is 0 Å². The summed E-state index contributed by atoms with van der Waals surface area (Å²) in [4.78, 5) is 6.63. The largest absolute Gasteiger partial charge is 0.496 e. The topological polar surface area (TPSA) is 74.3 Å².